The Morgan fingerprint density at radius 3 is 1.71 bits per heavy atom. The quantitative estimate of drug-likeness (QED) is 0.157. The van der Waals surface area contributed by atoms with Crippen LogP contribution < -0.4 is 0 Å². The molecule has 0 unspecified atom stereocenters. The van der Waals surface area contributed by atoms with Crippen LogP contribution in [0.5, 0.6) is 0 Å². The van der Waals surface area contributed by atoms with E-state index in [1.165, 1.54) is 5.56 Å². The monoisotopic (exact) mass is 680 g/mol. The zero-order chi connectivity index (χ0) is 37.2. The molecule has 7 rings (SSSR count). The first kappa shape index (κ1) is 37.3. The number of nitrogens with zero attached hydrogens (tertiary/aromatic N) is 4. The molecule has 0 radical (unpaired) electrons. The van der Waals surface area contributed by atoms with Crippen molar-refractivity contribution in [3.8, 4) is 22.3 Å². The number of fused-ring (bicyclic) bond motifs is 2. The second kappa shape index (κ2) is 17.3. The number of aromatic nitrogens is 3. The lowest BCUT2D eigenvalue weighted by molar-refractivity contribution is 1.14. The number of para-hydroxylation sites is 2. The van der Waals surface area contributed by atoms with Gasteiger partial charge in [0.2, 0.25) is 0 Å². The molecular formula is C48H48N4. The molecule has 4 aromatic carbocycles. The Morgan fingerprint density at radius 2 is 1.15 bits per heavy atom. The van der Waals surface area contributed by atoms with Gasteiger partial charge in [0.25, 0.3) is 0 Å². The predicted molar refractivity (Wildman–Crippen MR) is 225 cm³/mol. The summed E-state index contributed by atoms with van der Waals surface area (Å²) >= 11 is 0. The summed E-state index contributed by atoms with van der Waals surface area (Å²) in [4.78, 5) is 19.5. The van der Waals surface area contributed by atoms with Crippen molar-refractivity contribution in [3.05, 3.63) is 168 Å². The number of aliphatic imine (C=N–C) groups is 1. The summed E-state index contributed by atoms with van der Waals surface area (Å²) in [7, 11) is 0. The van der Waals surface area contributed by atoms with Crippen molar-refractivity contribution in [1.82, 2.24) is 15.0 Å². The summed E-state index contributed by atoms with van der Waals surface area (Å²) in [5.74, 6) is 0.717. The minimum atomic E-state index is 0.717. The molecule has 0 fully saturated rings. The van der Waals surface area contributed by atoms with Crippen LogP contribution >= 0.6 is 0 Å². The highest BCUT2D eigenvalue weighted by atomic mass is 14.9. The number of rotatable bonds is 7. The first-order valence-corrected chi connectivity index (χ1v) is 18.2. The van der Waals surface area contributed by atoms with Gasteiger partial charge in [-0.1, -0.05) is 101 Å². The van der Waals surface area contributed by atoms with E-state index in [2.05, 4.69) is 105 Å². The van der Waals surface area contributed by atoms with Gasteiger partial charge < -0.3 is 0 Å². The maximum atomic E-state index is 5.02. The Hall–Kier alpha value is -6.00. The average Bonchev–Trinajstić information content (AvgIpc) is 3.19. The fourth-order valence-electron chi connectivity index (χ4n) is 6.21. The molecule has 4 heteroatoms. The minimum absolute atomic E-state index is 0.717. The number of hydrogen-bond acceptors (Lipinski definition) is 4. The Labute approximate surface area is 309 Å². The molecule has 0 aliphatic rings. The van der Waals surface area contributed by atoms with E-state index in [1.54, 1.807) is 0 Å². The summed E-state index contributed by atoms with van der Waals surface area (Å²) in [6.45, 7) is 20.2. The number of hydrogen-bond donors (Lipinski definition) is 0. The second-order valence-electron chi connectivity index (χ2n) is 12.3. The van der Waals surface area contributed by atoms with Gasteiger partial charge in [0.15, 0.2) is 5.82 Å². The van der Waals surface area contributed by atoms with Crippen LogP contribution in [0.15, 0.2) is 139 Å². The molecular weight excluding hydrogens is 633 g/mol. The van der Waals surface area contributed by atoms with E-state index in [0.29, 0.717) is 0 Å². The van der Waals surface area contributed by atoms with Crippen LogP contribution in [0.25, 0.3) is 55.7 Å². The summed E-state index contributed by atoms with van der Waals surface area (Å²) < 4.78 is 0. The number of benzene rings is 4. The molecule has 0 amide bonds. The summed E-state index contributed by atoms with van der Waals surface area (Å²) in [5, 5.41) is 2.21. The highest BCUT2D eigenvalue weighted by molar-refractivity contribution is 6.04. The Kier molecular flexibility index (Phi) is 12.4. The fraction of sp³-hybridized carbons (Fsp3) is 0.167. The second-order valence-corrected chi connectivity index (χ2v) is 12.3. The first-order valence-electron chi connectivity index (χ1n) is 18.2. The zero-order valence-corrected chi connectivity index (χ0v) is 31.7. The van der Waals surface area contributed by atoms with E-state index in [4.69, 9.17) is 19.9 Å². The van der Waals surface area contributed by atoms with Crippen molar-refractivity contribution in [3.63, 3.8) is 0 Å². The lowest BCUT2D eigenvalue weighted by atomic mass is 9.88. The van der Waals surface area contributed by atoms with Crippen molar-refractivity contribution in [2.45, 2.75) is 55.4 Å². The lowest BCUT2D eigenvalue weighted by Crippen LogP contribution is -1.98. The first-order chi connectivity index (χ1) is 25.4. The van der Waals surface area contributed by atoms with Gasteiger partial charge in [-0.15, -0.1) is 0 Å². The SMILES string of the molecule is C=Cc1cc(C)c(N=C(C)/C=C(/c2cc(-c3cnc4ccccc4c3)cc(-c3cnc4ccccc4c3)c2)c2ccccc2C)nc1C.CC.CC. The van der Waals surface area contributed by atoms with E-state index < -0.39 is 0 Å². The largest absolute Gasteiger partial charge is 0.256 e. The van der Waals surface area contributed by atoms with Crippen molar-refractivity contribution < 1.29 is 0 Å². The van der Waals surface area contributed by atoms with Crippen LogP contribution in [-0.2, 0) is 0 Å². The third kappa shape index (κ3) is 8.30. The Morgan fingerprint density at radius 1 is 0.615 bits per heavy atom. The van der Waals surface area contributed by atoms with Gasteiger partial charge in [-0.25, -0.2) is 9.98 Å². The minimum Gasteiger partial charge on any atom is -0.256 e. The van der Waals surface area contributed by atoms with Crippen LogP contribution in [0.2, 0.25) is 0 Å². The van der Waals surface area contributed by atoms with Crippen LogP contribution in [0, 0.1) is 20.8 Å². The molecule has 0 bridgehead atoms. The van der Waals surface area contributed by atoms with Gasteiger partial charge >= 0.3 is 0 Å². The molecule has 4 nitrogen and oxygen atoms in total. The molecule has 260 valence electrons. The number of pyridine rings is 3. The van der Waals surface area contributed by atoms with Crippen molar-refractivity contribution in [2.24, 2.45) is 4.99 Å². The van der Waals surface area contributed by atoms with E-state index in [0.717, 1.165) is 89.1 Å². The molecule has 0 aliphatic carbocycles. The summed E-state index contributed by atoms with van der Waals surface area (Å²) in [5.41, 5.74) is 14.5. The molecule has 0 saturated heterocycles. The predicted octanol–water partition coefficient (Wildman–Crippen LogP) is 13.4. The van der Waals surface area contributed by atoms with Gasteiger partial charge in [-0.05, 0) is 127 Å². The van der Waals surface area contributed by atoms with Crippen LogP contribution in [-0.4, -0.2) is 20.7 Å². The number of aryl methyl sites for hydroxylation is 3. The molecule has 0 atom stereocenters. The van der Waals surface area contributed by atoms with Gasteiger partial charge in [0.05, 0.1) is 11.0 Å². The van der Waals surface area contributed by atoms with Crippen LogP contribution in [0.1, 0.15) is 68.1 Å². The summed E-state index contributed by atoms with van der Waals surface area (Å²) in [6.07, 6.45) is 7.96. The van der Waals surface area contributed by atoms with E-state index in [9.17, 15) is 0 Å². The lowest BCUT2D eigenvalue weighted by Gasteiger charge is -2.16. The van der Waals surface area contributed by atoms with Gasteiger partial charge in [0, 0.05) is 45.7 Å². The third-order valence-electron chi connectivity index (χ3n) is 8.80. The topological polar surface area (TPSA) is 51.0 Å². The van der Waals surface area contributed by atoms with Crippen molar-refractivity contribution in [1.29, 1.82) is 0 Å². The molecule has 0 saturated carbocycles. The molecule has 52 heavy (non-hydrogen) atoms. The maximum Gasteiger partial charge on any atom is 0.155 e. The third-order valence-corrected chi connectivity index (χ3v) is 8.80. The maximum absolute atomic E-state index is 5.02. The van der Waals surface area contributed by atoms with E-state index in [1.807, 2.05) is 91.2 Å². The average molecular weight is 681 g/mol. The molecule has 3 aromatic heterocycles. The zero-order valence-electron chi connectivity index (χ0n) is 31.7. The van der Waals surface area contributed by atoms with Crippen LogP contribution in [0.3, 0.4) is 0 Å². The molecule has 0 aliphatic heterocycles. The van der Waals surface area contributed by atoms with Crippen molar-refractivity contribution in [2.75, 3.05) is 0 Å². The smallest absolute Gasteiger partial charge is 0.155 e. The normalized spacial score (nSPS) is 11.4. The molecule has 7 aromatic rings. The van der Waals surface area contributed by atoms with Gasteiger partial charge in [-0.2, -0.15) is 0 Å². The van der Waals surface area contributed by atoms with Gasteiger partial charge in [0.1, 0.15) is 0 Å². The van der Waals surface area contributed by atoms with E-state index in [-0.39, 0.29) is 0 Å². The summed E-state index contributed by atoms with van der Waals surface area (Å²) in [6, 6.07) is 38.3. The molecule has 3 heterocycles. The highest BCUT2D eigenvalue weighted by Gasteiger charge is 2.15. The number of allylic oxidation sites excluding steroid dienone is 1. The van der Waals surface area contributed by atoms with Crippen LogP contribution in [0.4, 0.5) is 5.82 Å². The van der Waals surface area contributed by atoms with Gasteiger partial charge in [-0.3, -0.25) is 9.97 Å². The standard InChI is InChI=1S/C44H36N4.2C2H6/c1-6-32-19-29(3)44(48-31(32)5)47-30(4)20-41(40-16-10-7-13-28(40)2)37-24-35(38-21-33-14-8-11-17-42(33)45-26-38)23-36(25-37)39-22-34-15-9-12-18-43(34)46-27-39;2*1-2/h6-27H,1H2,2-5H3;2*1-2H3/b41-20-,47-30?;;. The fourth-order valence-corrected chi connectivity index (χ4v) is 6.21. The Bertz CT molecular complexity index is 2320. The molecule has 0 spiro atoms. The van der Waals surface area contributed by atoms with E-state index >= 15 is 0 Å². The Balaban J connectivity index is 0.00000126. The van der Waals surface area contributed by atoms with Crippen molar-refractivity contribution >= 4 is 45.0 Å². The highest BCUT2D eigenvalue weighted by Crippen LogP contribution is 2.36. The molecule has 0 N–H and O–H groups in total.